The van der Waals surface area contributed by atoms with Crippen molar-refractivity contribution in [2.24, 2.45) is 0 Å². The molecule has 0 aliphatic heterocycles. The molecule has 20 heavy (non-hydrogen) atoms. The van der Waals surface area contributed by atoms with Gasteiger partial charge in [-0.3, -0.25) is 14.5 Å². The van der Waals surface area contributed by atoms with Crippen LogP contribution in [-0.2, 0) is 4.79 Å². The van der Waals surface area contributed by atoms with E-state index in [4.69, 9.17) is 11.6 Å². The lowest BCUT2D eigenvalue weighted by atomic mass is 10.0. The van der Waals surface area contributed by atoms with E-state index in [1.165, 1.54) is 0 Å². The van der Waals surface area contributed by atoms with Crippen LogP contribution in [0, 0.1) is 0 Å². The van der Waals surface area contributed by atoms with Gasteiger partial charge in [-0.25, -0.2) is 0 Å². The third kappa shape index (κ3) is 4.94. The highest BCUT2D eigenvalue weighted by molar-refractivity contribution is 6.31. The maximum absolute atomic E-state index is 12.3. The van der Waals surface area contributed by atoms with E-state index >= 15 is 0 Å². The van der Waals surface area contributed by atoms with Crippen LogP contribution in [0.2, 0.25) is 5.02 Å². The lowest BCUT2D eigenvalue weighted by molar-refractivity contribution is -0.122. The van der Waals surface area contributed by atoms with Crippen LogP contribution >= 0.6 is 11.6 Å². The molecule has 4 nitrogen and oxygen atoms in total. The largest absolute Gasteiger partial charge is 0.353 e. The molecule has 1 aromatic carbocycles. The zero-order chi connectivity index (χ0) is 15.3. The van der Waals surface area contributed by atoms with Crippen molar-refractivity contribution in [2.75, 3.05) is 13.6 Å². The summed E-state index contributed by atoms with van der Waals surface area (Å²) in [6.45, 7) is 5.77. The Bertz CT molecular complexity index is 489. The first-order valence-corrected chi connectivity index (χ1v) is 6.98. The Morgan fingerprint density at radius 2 is 1.95 bits per heavy atom. The molecule has 5 heteroatoms. The highest BCUT2D eigenvalue weighted by Crippen LogP contribution is 2.14. The fourth-order valence-electron chi connectivity index (χ4n) is 1.81. The normalized spacial score (nSPS) is 12.6. The van der Waals surface area contributed by atoms with E-state index in [0.29, 0.717) is 10.6 Å². The Kier molecular flexibility index (Phi) is 6.17. The second-order valence-electron chi connectivity index (χ2n) is 5.19. The van der Waals surface area contributed by atoms with Crippen molar-refractivity contribution in [1.82, 2.24) is 10.2 Å². The molecule has 0 fully saturated rings. The van der Waals surface area contributed by atoms with Gasteiger partial charge < -0.3 is 5.32 Å². The van der Waals surface area contributed by atoms with Crippen molar-refractivity contribution in [3.63, 3.8) is 0 Å². The number of likely N-dealkylation sites (N-methyl/N-ethyl adjacent to an activating group) is 1. The molecule has 0 aliphatic rings. The number of nitrogens with one attached hydrogen (secondary N) is 1. The molecule has 1 rings (SSSR count). The second-order valence-corrected chi connectivity index (χ2v) is 5.62. The molecule has 1 atom stereocenters. The minimum absolute atomic E-state index is 0.0488. The lowest BCUT2D eigenvalue weighted by Crippen LogP contribution is -2.44. The van der Waals surface area contributed by atoms with Gasteiger partial charge in [0, 0.05) is 16.6 Å². The van der Waals surface area contributed by atoms with Gasteiger partial charge in [-0.15, -0.1) is 0 Å². The van der Waals surface area contributed by atoms with Crippen LogP contribution in [-0.4, -0.2) is 42.3 Å². The minimum atomic E-state index is -0.383. The van der Waals surface area contributed by atoms with Gasteiger partial charge in [0.05, 0.1) is 12.6 Å². The average molecular weight is 297 g/mol. The summed E-state index contributed by atoms with van der Waals surface area (Å²) >= 11 is 5.88. The van der Waals surface area contributed by atoms with E-state index in [2.05, 4.69) is 5.32 Å². The Morgan fingerprint density at radius 1 is 1.30 bits per heavy atom. The molecular weight excluding hydrogens is 276 g/mol. The molecule has 1 aromatic rings. The van der Waals surface area contributed by atoms with Crippen LogP contribution in [0.3, 0.4) is 0 Å². The third-order valence-corrected chi connectivity index (χ3v) is 3.23. The van der Waals surface area contributed by atoms with Crippen molar-refractivity contribution in [3.05, 3.63) is 34.9 Å². The van der Waals surface area contributed by atoms with Gasteiger partial charge in [-0.05, 0) is 40.0 Å². The first-order chi connectivity index (χ1) is 9.31. The van der Waals surface area contributed by atoms with Gasteiger partial charge in [-0.2, -0.15) is 0 Å². The monoisotopic (exact) mass is 296 g/mol. The van der Waals surface area contributed by atoms with Crippen LogP contribution in [0.25, 0.3) is 0 Å². The van der Waals surface area contributed by atoms with Crippen LogP contribution in [0.4, 0.5) is 0 Å². The standard InChI is InChI=1S/C15H21ClN2O2/c1-10(2)17-14(19)9-18(4)11(3)15(20)12-6-5-7-13(16)8-12/h5-8,10-11H,9H2,1-4H3,(H,17,19). The van der Waals surface area contributed by atoms with E-state index in [9.17, 15) is 9.59 Å². The summed E-state index contributed by atoms with van der Waals surface area (Å²) in [6, 6.07) is 6.55. The number of halogens is 1. The summed E-state index contributed by atoms with van der Waals surface area (Å²) in [6.07, 6.45) is 0. The smallest absolute Gasteiger partial charge is 0.234 e. The lowest BCUT2D eigenvalue weighted by Gasteiger charge is -2.23. The topological polar surface area (TPSA) is 49.4 Å². The predicted molar refractivity (Wildman–Crippen MR) is 81.2 cm³/mol. The zero-order valence-corrected chi connectivity index (χ0v) is 13.1. The van der Waals surface area contributed by atoms with Crippen LogP contribution in [0.1, 0.15) is 31.1 Å². The van der Waals surface area contributed by atoms with E-state index in [1.807, 2.05) is 13.8 Å². The van der Waals surface area contributed by atoms with E-state index in [0.717, 1.165) is 0 Å². The zero-order valence-electron chi connectivity index (χ0n) is 12.3. The van der Waals surface area contributed by atoms with Gasteiger partial charge in [0.25, 0.3) is 0 Å². The third-order valence-electron chi connectivity index (χ3n) is 2.99. The number of carbonyl (C=O) groups excluding carboxylic acids is 2. The molecule has 0 radical (unpaired) electrons. The Morgan fingerprint density at radius 3 is 2.50 bits per heavy atom. The maximum Gasteiger partial charge on any atom is 0.234 e. The van der Waals surface area contributed by atoms with Crippen LogP contribution in [0.15, 0.2) is 24.3 Å². The summed E-state index contributed by atoms with van der Waals surface area (Å²) in [4.78, 5) is 25.7. The van der Waals surface area contributed by atoms with E-state index in [-0.39, 0.29) is 30.3 Å². The van der Waals surface area contributed by atoms with E-state index in [1.54, 1.807) is 43.1 Å². The number of rotatable bonds is 6. The van der Waals surface area contributed by atoms with Gasteiger partial charge in [0.15, 0.2) is 5.78 Å². The average Bonchev–Trinajstić information content (AvgIpc) is 2.35. The Hall–Kier alpha value is -1.39. The summed E-state index contributed by atoms with van der Waals surface area (Å²) in [7, 11) is 1.76. The highest BCUT2D eigenvalue weighted by atomic mass is 35.5. The second kappa shape index (κ2) is 7.41. The molecule has 0 bridgehead atoms. The summed E-state index contributed by atoms with van der Waals surface area (Å²) < 4.78 is 0. The number of hydrogen-bond donors (Lipinski definition) is 1. The first kappa shape index (κ1) is 16.7. The molecule has 0 saturated carbocycles. The molecule has 1 amide bonds. The molecule has 110 valence electrons. The fourth-order valence-corrected chi connectivity index (χ4v) is 2.00. The summed E-state index contributed by atoms with van der Waals surface area (Å²) in [5.74, 6) is -0.138. The van der Waals surface area contributed by atoms with Gasteiger partial charge >= 0.3 is 0 Å². The number of Topliss-reactive ketones (excluding diaryl/α,β-unsaturated/α-hetero) is 1. The fraction of sp³-hybridized carbons (Fsp3) is 0.467. The molecule has 1 unspecified atom stereocenters. The molecule has 0 aromatic heterocycles. The van der Waals surface area contributed by atoms with Gasteiger partial charge in [-0.1, -0.05) is 23.7 Å². The summed E-state index contributed by atoms with van der Waals surface area (Å²) in [5.41, 5.74) is 0.557. The summed E-state index contributed by atoms with van der Waals surface area (Å²) in [5, 5.41) is 3.33. The van der Waals surface area contributed by atoms with E-state index < -0.39 is 0 Å². The maximum atomic E-state index is 12.3. The minimum Gasteiger partial charge on any atom is -0.353 e. The van der Waals surface area contributed by atoms with Crippen LogP contribution in [0.5, 0.6) is 0 Å². The quantitative estimate of drug-likeness (QED) is 0.820. The molecule has 0 heterocycles. The Balaban J connectivity index is 2.66. The van der Waals surface area contributed by atoms with Crippen molar-refractivity contribution >= 4 is 23.3 Å². The number of hydrogen-bond acceptors (Lipinski definition) is 3. The molecule has 1 N–H and O–H groups in total. The molecular formula is C15H21ClN2O2. The number of benzene rings is 1. The molecule has 0 spiro atoms. The predicted octanol–water partition coefficient (Wildman–Crippen LogP) is 2.37. The Labute approximate surface area is 125 Å². The molecule has 0 saturated heterocycles. The van der Waals surface area contributed by atoms with Crippen molar-refractivity contribution < 1.29 is 9.59 Å². The van der Waals surface area contributed by atoms with Crippen molar-refractivity contribution in [2.45, 2.75) is 32.9 Å². The number of amides is 1. The number of carbonyl (C=O) groups is 2. The highest BCUT2D eigenvalue weighted by Gasteiger charge is 2.21. The number of nitrogens with zero attached hydrogens (tertiary/aromatic N) is 1. The first-order valence-electron chi connectivity index (χ1n) is 6.60. The number of ketones is 1. The van der Waals surface area contributed by atoms with Crippen molar-refractivity contribution in [3.8, 4) is 0 Å². The van der Waals surface area contributed by atoms with Gasteiger partial charge in [0.1, 0.15) is 0 Å². The van der Waals surface area contributed by atoms with Crippen molar-refractivity contribution in [1.29, 1.82) is 0 Å². The van der Waals surface area contributed by atoms with Crippen LogP contribution < -0.4 is 5.32 Å². The van der Waals surface area contributed by atoms with Gasteiger partial charge in [0.2, 0.25) is 5.91 Å². The molecule has 0 aliphatic carbocycles. The SMILES string of the molecule is CC(C)NC(=O)CN(C)C(C)C(=O)c1cccc(Cl)c1.